The highest BCUT2D eigenvalue weighted by atomic mass is 16.6. The number of esters is 3. The minimum atomic E-state index is -0.809. The summed E-state index contributed by atoms with van der Waals surface area (Å²) in [4.78, 5) is 38.0. The van der Waals surface area contributed by atoms with Crippen LogP contribution in [-0.4, -0.2) is 37.2 Å². The van der Waals surface area contributed by atoms with Crippen LogP contribution in [-0.2, 0) is 28.6 Å². The minimum absolute atomic E-state index is 0.103. The fourth-order valence-electron chi connectivity index (χ4n) is 7.03. The largest absolute Gasteiger partial charge is 0.462 e. The molecule has 0 aromatic rings. The van der Waals surface area contributed by atoms with Crippen molar-refractivity contribution in [2.75, 3.05) is 13.2 Å². The Balaban J connectivity index is 4.47. The van der Waals surface area contributed by atoms with Gasteiger partial charge in [0, 0.05) is 19.3 Å². The van der Waals surface area contributed by atoms with Crippen molar-refractivity contribution in [3.05, 3.63) is 97.2 Å². The van der Waals surface area contributed by atoms with Crippen LogP contribution in [0, 0.1) is 0 Å². The van der Waals surface area contributed by atoms with E-state index in [1.807, 2.05) is 36.5 Å². The Hall–Kier alpha value is -3.67. The number of ether oxygens (including phenoxy) is 3. The molecule has 364 valence electrons. The van der Waals surface area contributed by atoms with E-state index < -0.39 is 6.10 Å². The first-order valence-electron chi connectivity index (χ1n) is 26.3. The molecule has 0 heterocycles. The highest BCUT2D eigenvalue weighted by molar-refractivity contribution is 5.71. The lowest BCUT2D eigenvalue weighted by molar-refractivity contribution is -0.167. The van der Waals surface area contributed by atoms with Crippen LogP contribution < -0.4 is 0 Å². The lowest BCUT2D eigenvalue weighted by atomic mass is 10.0. The Morgan fingerprint density at radius 3 is 1.14 bits per heavy atom. The molecular formula is C58H96O6. The number of carbonyl (C=O) groups excluding carboxylic acids is 3. The molecule has 0 saturated carbocycles. The van der Waals surface area contributed by atoms with Crippen LogP contribution in [0.3, 0.4) is 0 Å². The van der Waals surface area contributed by atoms with Gasteiger partial charge in [0.15, 0.2) is 6.10 Å². The maximum Gasteiger partial charge on any atom is 0.306 e. The summed E-state index contributed by atoms with van der Waals surface area (Å²) < 4.78 is 16.7. The first kappa shape index (κ1) is 60.3. The first-order chi connectivity index (χ1) is 31.5. The number of unbranched alkanes of at least 4 members (excludes halogenated alkanes) is 22. The number of rotatable bonds is 46. The third-order valence-electron chi connectivity index (χ3n) is 10.9. The number of carbonyl (C=O) groups is 3. The summed E-state index contributed by atoms with van der Waals surface area (Å²) in [6, 6.07) is 0. The van der Waals surface area contributed by atoms with E-state index in [-0.39, 0.29) is 37.5 Å². The molecular weight excluding hydrogens is 793 g/mol. The van der Waals surface area contributed by atoms with Gasteiger partial charge in [0.1, 0.15) is 13.2 Å². The van der Waals surface area contributed by atoms with Crippen LogP contribution in [0.2, 0.25) is 0 Å². The van der Waals surface area contributed by atoms with E-state index in [2.05, 4.69) is 81.5 Å². The van der Waals surface area contributed by atoms with E-state index >= 15 is 0 Å². The standard InChI is InChI=1S/C58H96O6/c1-4-7-10-13-16-19-22-25-27-29-31-33-36-39-42-45-48-51-57(60)63-54-55(53-62-56(59)50-47-44-41-38-35-32-24-21-18-15-12-9-6-3)64-58(61)52-49-46-43-40-37-34-30-28-26-23-20-17-14-11-8-5-2/h8-9,11-12,15,17-18,20-21,24,26,28,32,34-35,37,55H,4-7,10,13-14,16,19,22-23,25,27,29-31,33,36,38-54H2,1-3H3/b11-8+,12-9+,18-15+,20-17+,24-21+,28-26+,35-32+,37-34+. The smallest absolute Gasteiger partial charge is 0.306 e. The molecule has 0 radical (unpaired) electrons. The van der Waals surface area contributed by atoms with Crippen LogP contribution in [0.4, 0.5) is 0 Å². The van der Waals surface area contributed by atoms with E-state index in [4.69, 9.17) is 14.2 Å². The second-order valence-corrected chi connectivity index (χ2v) is 17.1. The molecule has 0 amide bonds. The van der Waals surface area contributed by atoms with Gasteiger partial charge < -0.3 is 14.2 Å². The Kier molecular flexibility index (Phi) is 49.0. The van der Waals surface area contributed by atoms with E-state index in [0.29, 0.717) is 12.8 Å². The second kappa shape index (κ2) is 52.0. The summed E-state index contributed by atoms with van der Waals surface area (Å²) in [7, 11) is 0. The Labute approximate surface area is 394 Å². The number of hydrogen-bond acceptors (Lipinski definition) is 6. The van der Waals surface area contributed by atoms with Crippen molar-refractivity contribution in [3.63, 3.8) is 0 Å². The van der Waals surface area contributed by atoms with Crippen molar-refractivity contribution in [2.45, 2.75) is 239 Å². The van der Waals surface area contributed by atoms with Crippen molar-refractivity contribution in [2.24, 2.45) is 0 Å². The molecule has 6 nitrogen and oxygen atoms in total. The van der Waals surface area contributed by atoms with E-state index in [1.54, 1.807) is 0 Å². The van der Waals surface area contributed by atoms with Gasteiger partial charge in [-0.3, -0.25) is 14.4 Å². The van der Waals surface area contributed by atoms with Gasteiger partial charge in [0.05, 0.1) is 0 Å². The lowest BCUT2D eigenvalue weighted by Crippen LogP contribution is -2.30. The van der Waals surface area contributed by atoms with Gasteiger partial charge in [0.25, 0.3) is 0 Å². The molecule has 0 aliphatic carbocycles. The van der Waals surface area contributed by atoms with Crippen molar-refractivity contribution in [3.8, 4) is 0 Å². The topological polar surface area (TPSA) is 78.9 Å². The van der Waals surface area contributed by atoms with Crippen molar-refractivity contribution in [1.82, 2.24) is 0 Å². The fourth-order valence-corrected chi connectivity index (χ4v) is 7.03. The van der Waals surface area contributed by atoms with Crippen LogP contribution in [0.15, 0.2) is 97.2 Å². The second-order valence-electron chi connectivity index (χ2n) is 17.1. The van der Waals surface area contributed by atoms with E-state index in [1.165, 1.54) is 89.9 Å². The van der Waals surface area contributed by atoms with E-state index in [0.717, 1.165) is 103 Å². The van der Waals surface area contributed by atoms with Crippen LogP contribution in [0.5, 0.6) is 0 Å². The average Bonchev–Trinajstić information content (AvgIpc) is 3.29. The average molecular weight is 889 g/mol. The minimum Gasteiger partial charge on any atom is -0.462 e. The predicted octanol–water partition coefficient (Wildman–Crippen LogP) is 17.4. The van der Waals surface area contributed by atoms with Gasteiger partial charge in [0.2, 0.25) is 0 Å². The molecule has 0 aromatic carbocycles. The molecule has 0 aromatic heterocycles. The summed E-state index contributed by atoms with van der Waals surface area (Å²) in [6.45, 7) is 6.32. The maximum atomic E-state index is 12.8. The highest BCUT2D eigenvalue weighted by Crippen LogP contribution is 2.15. The van der Waals surface area contributed by atoms with Gasteiger partial charge in [-0.15, -0.1) is 0 Å². The summed E-state index contributed by atoms with van der Waals surface area (Å²) in [5.74, 6) is -0.975. The molecule has 0 saturated heterocycles. The third-order valence-corrected chi connectivity index (χ3v) is 10.9. The number of allylic oxidation sites excluding steroid dienone is 16. The van der Waals surface area contributed by atoms with Crippen LogP contribution in [0.1, 0.15) is 233 Å². The van der Waals surface area contributed by atoms with Crippen molar-refractivity contribution in [1.29, 1.82) is 0 Å². The number of hydrogen-bond donors (Lipinski definition) is 0. The molecule has 0 bridgehead atoms. The van der Waals surface area contributed by atoms with Gasteiger partial charge in [-0.05, 0) is 77.0 Å². The van der Waals surface area contributed by atoms with Gasteiger partial charge in [-0.1, -0.05) is 234 Å². The SMILES string of the molecule is CC/C=C/C=C/C=C/C=C/CCCCCC(=O)OCC(COC(=O)CCCCCCCCCCCCCCCCCCC)OC(=O)CCCCC/C=C/C/C=C/C/C=C/C/C=C/CC. The van der Waals surface area contributed by atoms with E-state index in [9.17, 15) is 14.4 Å². The summed E-state index contributed by atoms with van der Waals surface area (Å²) in [5.41, 5.74) is 0. The first-order valence-corrected chi connectivity index (χ1v) is 26.3. The van der Waals surface area contributed by atoms with Crippen molar-refractivity contribution < 1.29 is 28.6 Å². The molecule has 0 aliphatic rings. The molecule has 0 fully saturated rings. The van der Waals surface area contributed by atoms with Gasteiger partial charge >= 0.3 is 17.9 Å². The monoisotopic (exact) mass is 889 g/mol. The summed E-state index contributed by atoms with van der Waals surface area (Å²) >= 11 is 0. The quantitative estimate of drug-likeness (QED) is 0.0199. The Bertz CT molecular complexity index is 1300. The van der Waals surface area contributed by atoms with Crippen molar-refractivity contribution >= 4 is 17.9 Å². The van der Waals surface area contributed by atoms with Gasteiger partial charge in [-0.25, -0.2) is 0 Å². The van der Waals surface area contributed by atoms with Crippen LogP contribution >= 0.6 is 0 Å². The molecule has 1 atom stereocenters. The normalized spacial score (nSPS) is 12.9. The van der Waals surface area contributed by atoms with Crippen LogP contribution in [0.25, 0.3) is 0 Å². The molecule has 6 heteroatoms. The zero-order valence-corrected chi connectivity index (χ0v) is 41.5. The summed E-state index contributed by atoms with van der Waals surface area (Å²) in [5, 5.41) is 0. The van der Waals surface area contributed by atoms with Gasteiger partial charge in [-0.2, -0.15) is 0 Å². The molecule has 64 heavy (non-hydrogen) atoms. The Morgan fingerprint density at radius 1 is 0.344 bits per heavy atom. The highest BCUT2D eigenvalue weighted by Gasteiger charge is 2.19. The molecule has 0 spiro atoms. The Morgan fingerprint density at radius 2 is 0.688 bits per heavy atom. The zero-order valence-electron chi connectivity index (χ0n) is 41.5. The third kappa shape index (κ3) is 49.3. The lowest BCUT2D eigenvalue weighted by Gasteiger charge is -2.18. The molecule has 0 N–H and O–H groups in total. The molecule has 1 unspecified atom stereocenters. The maximum absolute atomic E-state index is 12.8. The fraction of sp³-hybridized carbons (Fsp3) is 0.672. The molecule has 0 rings (SSSR count). The zero-order chi connectivity index (χ0) is 46.5. The predicted molar refractivity (Wildman–Crippen MR) is 274 cm³/mol. The summed E-state index contributed by atoms with van der Waals surface area (Å²) in [6.07, 6.45) is 68.2. The molecule has 0 aliphatic heterocycles.